The van der Waals surface area contributed by atoms with Gasteiger partial charge in [-0.2, -0.15) is 0 Å². The lowest BCUT2D eigenvalue weighted by molar-refractivity contribution is 0.641. The van der Waals surface area contributed by atoms with Crippen LogP contribution in [0.2, 0.25) is 0 Å². The van der Waals surface area contributed by atoms with Crippen LogP contribution in [-0.2, 0) is 6.42 Å². The topological polar surface area (TPSA) is 0 Å². The van der Waals surface area contributed by atoms with Gasteiger partial charge in [0, 0.05) is 23.1 Å². The molecule has 0 nitrogen and oxygen atoms in total. The second-order valence-electron chi connectivity index (χ2n) is 6.34. The lowest BCUT2D eigenvalue weighted by Crippen LogP contribution is -1.81. The van der Waals surface area contributed by atoms with Gasteiger partial charge in [0.05, 0.1) is 0 Å². The monoisotopic (exact) mass is 328 g/mol. The smallest absolute Gasteiger partial charge is 0.0249 e. The molecule has 0 fully saturated rings. The zero-order chi connectivity index (χ0) is 17.7. The van der Waals surface area contributed by atoms with Gasteiger partial charge in [-0.3, -0.25) is 0 Å². The first-order chi connectivity index (χ1) is 12.3. The molecule has 0 aliphatic carbocycles. The number of rotatable bonds is 6. The molecule has 0 aliphatic rings. The molecule has 0 bridgehead atoms. The van der Waals surface area contributed by atoms with Crippen LogP contribution in [0.25, 0.3) is 0 Å². The summed E-state index contributed by atoms with van der Waals surface area (Å²) in [5, 5.41) is 0. The van der Waals surface area contributed by atoms with Gasteiger partial charge < -0.3 is 0 Å². The van der Waals surface area contributed by atoms with E-state index in [9.17, 15) is 0 Å². The highest BCUT2D eigenvalue weighted by Gasteiger charge is 1.91. The van der Waals surface area contributed by atoms with Crippen molar-refractivity contribution in [3.63, 3.8) is 0 Å². The molecule has 25 heavy (non-hydrogen) atoms. The van der Waals surface area contributed by atoms with Crippen molar-refractivity contribution in [3.05, 3.63) is 70.8 Å². The van der Waals surface area contributed by atoms with Gasteiger partial charge in [-0.1, -0.05) is 75.3 Å². The third-order valence-corrected chi connectivity index (χ3v) is 4.24. The molecule has 0 heteroatoms. The fourth-order valence-corrected chi connectivity index (χ4v) is 2.59. The number of aryl methyl sites for hydroxylation is 1. The van der Waals surface area contributed by atoms with Crippen LogP contribution in [0.5, 0.6) is 0 Å². The first-order valence-corrected chi connectivity index (χ1v) is 9.51. The van der Waals surface area contributed by atoms with E-state index in [2.05, 4.69) is 86.1 Å². The van der Waals surface area contributed by atoms with Gasteiger partial charge in [0.2, 0.25) is 0 Å². The molecule has 0 aromatic heterocycles. The summed E-state index contributed by atoms with van der Waals surface area (Å²) in [6.45, 7) is 4.41. The average Bonchev–Trinajstić information content (AvgIpc) is 2.67. The zero-order valence-electron chi connectivity index (χ0n) is 15.6. The fourth-order valence-electron chi connectivity index (χ4n) is 2.59. The first-order valence-electron chi connectivity index (χ1n) is 9.51. The predicted molar refractivity (Wildman–Crippen MR) is 108 cm³/mol. The molecule has 0 saturated carbocycles. The highest BCUT2D eigenvalue weighted by atomic mass is 14.0. The summed E-state index contributed by atoms with van der Waals surface area (Å²) in [6.07, 6.45) is 8.56. The van der Waals surface area contributed by atoms with E-state index in [4.69, 9.17) is 0 Å². The molecule has 2 aromatic carbocycles. The van der Waals surface area contributed by atoms with Crippen LogP contribution in [0.1, 0.15) is 74.6 Å². The van der Waals surface area contributed by atoms with E-state index >= 15 is 0 Å². The fraction of sp³-hybridized carbons (Fsp3) is 0.360. The Hall–Kier alpha value is -2.44. The van der Waals surface area contributed by atoms with E-state index < -0.39 is 0 Å². The molecular weight excluding hydrogens is 300 g/mol. The molecule has 2 aromatic rings. The van der Waals surface area contributed by atoms with E-state index in [0.29, 0.717) is 0 Å². The molecule has 2 rings (SSSR count). The summed E-state index contributed by atoms with van der Waals surface area (Å²) in [5.41, 5.74) is 4.51. The molecule has 0 atom stereocenters. The molecule has 0 amide bonds. The second-order valence-corrected chi connectivity index (χ2v) is 6.34. The Labute approximate surface area is 153 Å². The SMILES string of the molecule is CCCCCCCC#Cc1ccc(C#Cc2ccc(CC)cc2)cc1. The Morgan fingerprint density at radius 1 is 0.600 bits per heavy atom. The lowest BCUT2D eigenvalue weighted by atomic mass is 10.1. The molecule has 0 heterocycles. The standard InChI is InChI=1S/C25H28/c1-3-5-6-7-8-9-10-11-23-16-18-25(19-17-23)21-20-24-14-12-22(4-2)13-15-24/h12-19H,3-9H2,1-2H3. The van der Waals surface area contributed by atoms with Crippen molar-refractivity contribution in [2.45, 2.75) is 58.8 Å². The Bertz CT molecular complexity index is 740. The van der Waals surface area contributed by atoms with Crippen LogP contribution in [0.4, 0.5) is 0 Å². The van der Waals surface area contributed by atoms with Crippen LogP contribution in [-0.4, -0.2) is 0 Å². The largest absolute Gasteiger partial charge is 0.0979 e. The van der Waals surface area contributed by atoms with Gasteiger partial charge in [-0.15, -0.1) is 0 Å². The first kappa shape index (κ1) is 18.9. The summed E-state index contributed by atoms with van der Waals surface area (Å²) in [4.78, 5) is 0. The van der Waals surface area contributed by atoms with E-state index in [1.807, 2.05) is 0 Å². The molecule has 0 unspecified atom stereocenters. The lowest BCUT2D eigenvalue weighted by Gasteiger charge is -1.96. The number of benzene rings is 2. The van der Waals surface area contributed by atoms with Gasteiger partial charge in [0.1, 0.15) is 0 Å². The van der Waals surface area contributed by atoms with Crippen LogP contribution in [0.15, 0.2) is 48.5 Å². The van der Waals surface area contributed by atoms with Crippen molar-refractivity contribution in [2.75, 3.05) is 0 Å². The third kappa shape index (κ3) is 7.32. The molecule has 0 saturated heterocycles. The summed E-state index contributed by atoms with van der Waals surface area (Å²) >= 11 is 0. The van der Waals surface area contributed by atoms with Crippen LogP contribution >= 0.6 is 0 Å². The van der Waals surface area contributed by atoms with Crippen molar-refractivity contribution < 1.29 is 0 Å². The minimum Gasteiger partial charge on any atom is -0.0979 e. The Kier molecular flexibility index (Phi) is 8.44. The zero-order valence-corrected chi connectivity index (χ0v) is 15.6. The van der Waals surface area contributed by atoms with E-state index in [1.165, 1.54) is 37.7 Å². The second kappa shape index (κ2) is 11.2. The van der Waals surface area contributed by atoms with Crippen molar-refractivity contribution in [1.82, 2.24) is 0 Å². The molecule has 0 aliphatic heterocycles. The molecule has 0 N–H and O–H groups in total. The quantitative estimate of drug-likeness (QED) is 0.427. The van der Waals surface area contributed by atoms with Gasteiger partial charge in [-0.25, -0.2) is 0 Å². The minimum absolute atomic E-state index is 0.999. The summed E-state index contributed by atoms with van der Waals surface area (Å²) in [6, 6.07) is 16.7. The van der Waals surface area contributed by atoms with Gasteiger partial charge in [0.15, 0.2) is 0 Å². The third-order valence-electron chi connectivity index (χ3n) is 4.24. The molecule has 128 valence electrons. The highest BCUT2D eigenvalue weighted by molar-refractivity contribution is 5.46. The average molecular weight is 328 g/mol. The number of unbranched alkanes of at least 4 members (excludes halogenated alkanes) is 5. The summed E-state index contributed by atoms with van der Waals surface area (Å²) in [7, 11) is 0. The molecule has 0 spiro atoms. The van der Waals surface area contributed by atoms with Crippen LogP contribution < -0.4 is 0 Å². The number of hydrogen-bond acceptors (Lipinski definition) is 0. The Balaban J connectivity index is 1.85. The maximum atomic E-state index is 3.28. The van der Waals surface area contributed by atoms with Gasteiger partial charge >= 0.3 is 0 Å². The highest BCUT2D eigenvalue weighted by Crippen LogP contribution is 2.07. The van der Waals surface area contributed by atoms with Gasteiger partial charge in [-0.05, 0) is 54.8 Å². The van der Waals surface area contributed by atoms with Crippen molar-refractivity contribution >= 4 is 0 Å². The van der Waals surface area contributed by atoms with Crippen LogP contribution in [0.3, 0.4) is 0 Å². The maximum absolute atomic E-state index is 3.28. The van der Waals surface area contributed by atoms with E-state index in [0.717, 1.165) is 29.5 Å². The summed E-state index contributed by atoms with van der Waals surface area (Å²) < 4.78 is 0. The Morgan fingerprint density at radius 2 is 1.12 bits per heavy atom. The molecular formula is C25H28. The Morgan fingerprint density at radius 3 is 1.68 bits per heavy atom. The van der Waals surface area contributed by atoms with E-state index in [1.54, 1.807) is 0 Å². The van der Waals surface area contributed by atoms with E-state index in [-0.39, 0.29) is 0 Å². The minimum atomic E-state index is 0.999. The van der Waals surface area contributed by atoms with Crippen molar-refractivity contribution in [3.8, 4) is 23.7 Å². The molecule has 0 radical (unpaired) electrons. The predicted octanol–water partition coefficient (Wildman–Crippen LogP) is 6.36. The van der Waals surface area contributed by atoms with Crippen molar-refractivity contribution in [1.29, 1.82) is 0 Å². The van der Waals surface area contributed by atoms with Crippen LogP contribution in [0, 0.1) is 23.7 Å². The maximum Gasteiger partial charge on any atom is 0.0249 e. The van der Waals surface area contributed by atoms with Gasteiger partial charge in [0.25, 0.3) is 0 Å². The normalized spacial score (nSPS) is 9.68. The van der Waals surface area contributed by atoms with Crippen molar-refractivity contribution in [2.24, 2.45) is 0 Å². The number of hydrogen-bond donors (Lipinski definition) is 0. The summed E-state index contributed by atoms with van der Waals surface area (Å²) in [5.74, 6) is 13.0.